The van der Waals surface area contributed by atoms with Crippen molar-refractivity contribution in [1.29, 1.82) is 21.0 Å². The highest BCUT2D eigenvalue weighted by Gasteiger charge is 2.47. The van der Waals surface area contributed by atoms with Gasteiger partial charge in [0.1, 0.15) is 41.0 Å². The summed E-state index contributed by atoms with van der Waals surface area (Å²) in [6.45, 7) is 0. The fourth-order valence-corrected chi connectivity index (χ4v) is 4.57. The molecule has 0 bridgehead atoms. The van der Waals surface area contributed by atoms with Gasteiger partial charge in [-0.1, -0.05) is 0 Å². The third kappa shape index (κ3) is 5.05. The van der Waals surface area contributed by atoms with Gasteiger partial charge in [0.2, 0.25) is 0 Å². The maximum atomic E-state index is 15.0. The van der Waals surface area contributed by atoms with Crippen LogP contribution in [0.5, 0.6) is 0 Å². The highest BCUT2D eigenvalue weighted by molar-refractivity contribution is 6.10. The highest BCUT2D eigenvalue weighted by Crippen LogP contribution is 2.56. The Balaban J connectivity index is 2.33. The second-order valence-corrected chi connectivity index (χ2v) is 9.25. The summed E-state index contributed by atoms with van der Waals surface area (Å²) in [5.74, 6) is -32.6. The van der Waals surface area contributed by atoms with Crippen molar-refractivity contribution in [2.24, 2.45) is 5.73 Å². The summed E-state index contributed by atoms with van der Waals surface area (Å²) in [6.07, 6.45) is -6.12. The van der Waals surface area contributed by atoms with Gasteiger partial charge in [0.15, 0.2) is 69.8 Å². The number of nitriles is 4. The van der Waals surface area contributed by atoms with Crippen LogP contribution in [0.3, 0.4) is 0 Å². The van der Waals surface area contributed by atoms with E-state index < -0.39 is 143 Å². The zero-order valence-corrected chi connectivity index (χ0v) is 22.5. The summed E-state index contributed by atoms with van der Waals surface area (Å²) in [5, 5.41) is 37.0. The van der Waals surface area contributed by atoms with Gasteiger partial charge in [-0.2, -0.15) is 34.2 Å². The van der Waals surface area contributed by atoms with E-state index in [0.717, 1.165) is 24.3 Å². The molecule has 4 rings (SSSR count). The smallest absolute Gasteiger partial charge is 0.398 e. The molecule has 0 saturated heterocycles. The van der Waals surface area contributed by atoms with E-state index in [0.29, 0.717) is 0 Å². The average molecular weight is 705 g/mol. The van der Waals surface area contributed by atoms with Crippen LogP contribution >= 0.6 is 0 Å². The SMILES string of the molecule is N#C/C(=C1\C(=C(N)c2c(F)c(F)c(C#N)c(F)c2F)\C1=C(\C#N)c1c(F)c(F)c(C#N)c(F)c1F)c1c(F)c(F)c(C(F)(F)F)c(F)c1F. The van der Waals surface area contributed by atoms with Gasteiger partial charge in [-0.15, -0.1) is 0 Å². The molecule has 20 heteroatoms. The second kappa shape index (κ2) is 12.0. The van der Waals surface area contributed by atoms with Crippen LogP contribution in [0.2, 0.25) is 0 Å². The van der Waals surface area contributed by atoms with E-state index in [4.69, 9.17) is 16.3 Å². The van der Waals surface area contributed by atoms with Crippen molar-refractivity contribution in [2.45, 2.75) is 6.18 Å². The zero-order chi connectivity index (χ0) is 37.2. The van der Waals surface area contributed by atoms with E-state index in [1.807, 2.05) is 0 Å². The maximum Gasteiger partial charge on any atom is 0.422 e. The lowest BCUT2D eigenvalue weighted by Gasteiger charge is -2.13. The molecular formula is C29H2F15N5. The normalized spacial score (nSPS) is 15.6. The molecule has 0 heterocycles. The second-order valence-electron chi connectivity index (χ2n) is 9.25. The van der Waals surface area contributed by atoms with Gasteiger partial charge in [-0.25, -0.2) is 52.7 Å². The topological polar surface area (TPSA) is 121 Å². The van der Waals surface area contributed by atoms with E-state index in [1.165, 1.54) is 0 Å². The van der Waals surface area contributed by atoms with Crippen molar-refractivity contribution in [2.75, 3.05) is 0 Å². The van der Waals surface area contributed by atoms with Crippen LogP contribution in [0.4, 0.5) is 65.9 Å². The van der Waals surface area contributed by atoms with Gasteiger partial charge in [0.05, 0.1) is 33.5 Å². The quantitative estimate of drug-likeness (QED) is 0.170. The van der Waals surface area contributed by atoms with Crippen LogP contribution < -0.4 is 5.73 Å². The highest BCUT2D eigenvalue weighted by atomic mass is 19.4. The van der Waals surface area contributed by atoms with Crippen molar-refractivity contribution in [3.05, 3.63) is 120 Å². The van der Waals surface area contributed by atoms with Crippen LogP contribution in [0.1, 0.15) is 33.4 Å². The molecule has 1 fully saturated rings. The van der Waals surface area contributed by atoms with Crippen molar-refractivity contribution in [3.63, 3.8) is 0 Å². The first-order valence-electron chi connectivity index (χ1n) is 12.0. The Morgan fingerprint density at radius 3 is 0.980 bits per heavy atom. The minimum absolute atomic E-state index is 0.728. The molecule has 2 N–H and O–H groups in total. The fraction of sp³-hybridized carbons (Fsp3) is 0.0345. The summed E-state index contributed by atoms with van der Waals surface area (Å²) in [5.41, 5.74) is -18.2. The van der Waals surface area contributed by atoms with Gasteiger partial charge < -0.3 is 5.73 Å². The maximum absolute atomic E-state index is 15.0. The van der Waals surface area contributed by atoms with Gasteiger partial charge in [0.25, 0.3) is 0 Å². The number of hydrogen-bond acceptors (Lipinski definition) is 5. The molecule has 0 atom stereocenters. The fourth-order valence-electron chi connectivity index (χ4n) is 4.57. The molecule has 248 valence electrons. The van der Waals surface area contributed by atoms with Crippen LogP contribution in [-0.4, -0.2) is 0 Å². The summed E-state index contributed by atoms with van der Waals surface area (Å²) >= 11 is 0. The van der Waals surface area contributed by atoms with Crippen molar-refractivity contribution in [1.82, 2.24) is 0 Å². The van der Waals surface area contributed by atoms with Crippen LogP contribution in [0.15, 0.2) is 16.7 Å². The molecule has 0 aliphatic heterocycles. The first-order chi connectivity index (χ1) is 22.8. The number of allylic oxidation sites excluding steroid dienone is 5. The average Bonchev–Trinajstić information content (AvgIpc) is 3.76. The number of nitrogens with two attached hydrogens (primary N) is 1. The third-order valence-corrected chi connectivity index (χ3v) is 6.75. The Hall–Kier alpha value is -6.41. The molecule has 49 heavy (non-hydrogen) atoms. The summed E-state index contributed by atoms with van der Waals surface area (Å²) in [7, 11) is 0. The molecule has 0 aromatic heterocycles. The molecule has 1 aliphatic carbocycles. The van der Waals surface area contributed by atoms with Crippen LogP contribution in [0.25, 0.3) is 16.8 Å². The van der Waals surface area contributed by atoms with E-state index in [2.05, 4.69) is 0 Å². The first kappa shape index (κ1) is 35.4. The predicted octanol–water partition coefficient (Wildman–Crippen LogP) is 7.76. The lowest BCUT2D eigenvalue weighted by Crippen LogP contribution is -2.17. The predicted molar refractivity (Wildman–Crippen MR) is 129 cm³/mol. The molecule has 3 aromatic rings. The Labute approximate surface area is 260 Å². The van der Waals surface area contributed by atoms with Crippen molar-refractivity contribution in [3.8, 4) is 24.3 Å². The van der Waals surface area contributed by atoms with Crippen LogP contribution in [0, 0.1) is 115 Å². The third-order valence-electron chi connectivity index (χ3n) is 6.75. The van der Waals surface area contributed by atoms with Gasteiger partial charge in [0, 0.05) is 16.7 Å². The Kier molecular flexibility index (Phi) is 8.67. The molecule has 0 radical (unpaired) electrons. The Morgan fingerprint density at radius 2 is 0.714 bits per heavy atom. The molecule has 1 aliphatic rings. The lowest BCUT2D eigenvalue weighted by molar-refractivity contribution is -0.143. The number of alkyl halides is 3. The number of nitrogens with zero attached hydrogens (tertiary/aromatic N) is 4. The largest absolute Gasteiger partial charge is 0.422 e. The summed E-state index contributed by atoms with van der Waals surface area (Å²) in [6, 6.07) is 3.16. The van der Waals surface area contributed by atoms with Gasteiger partial charge in [-0.05, 0) is 0 Å². The number of halogens is 15. The van der Waals surface area contributed by atoms with Crippen LogP contribution in [-0.2, 0) is 6.18 Å². The van der Waals surface area contributed by atoms with E-state index in [-0.39, 0.29) is 0 Å². The number of rotatable bonds is 3. The first-order valence-corrected chi connectivity index (χ1v) is 12.0. The standard InChI is InChI=1S/C29H2F15N5/c30-16-7(3-47)17(31)21(35)11(20(16)34)5(1-45)9-10(13(9)28(49)14-24(38)18(32)8(4-48)19(33)25(14)39)6(2-46)12-22(36)26(40)15(29(42,43)44)27(41)23(12)37/h49H2/b9-5-,10-6+,28-13?. The Morgan fingerprint density at radius 1 is 0.429 bits per heavy atom. The van der Waals surface area contributed by atoms with E-state index in [1.54, 1.807) is 0 Å². The lowest BCUT2D eigenvalue weighted by atomic mass is 9.98. The van der Waals surface area contributed by atoms with Crippen molar-refractivity contribution >= 4 is 16.8 Å². The Bertz CT molecular complexity index is 2250. The minimum Gasteiger partial charge on any atom is -0.398 e. The van der Waals surface area contributed by atoms with E-state index in [9.17, 15) is 76.4 Å². The number of hydrogen-bond donors (Lipinski definition) is 1. The minimum atomic E-state index is -6.12. The summed E-state index contributed by atoms with van der Waals surface area (Å²) in [4.78, 5) is 0. The molecular weight excluding hydrogens is 703 g/mol. The molecule has 0 amide bonds. The summed E-state index contributed by atoms with van der Waals surface area (Å²) < 4.78 is 216. The number of benzene rings is 3. The molecule has 3 aromatic carbocycles. The molecule has 1 saturated carbocycles. The van der Waals surface area contributed by atoms with Gasteiger partial charge in [-0.3, -0.25) is 0 Å². The monoisotopic (exact) mass is 705 g/mol. The van der Waals surface area contributed by atoms with E-state index >= 15 is 0 Å². The zero-order valence-electron chi connectivity index (χ0n) is 22.5. The van der Waals surface area contributed by atoms with Gasteiger partial charge >= 0.3 is 6.18 Å². The molecule has 5 nitrogen and oxygen atoms in total. The molecule has 0 spiro atoms. The van der Waals surface area contributed by atoms with Crippen molar-refractivity contribution < 1.29 is 65.9 Å². The molecule has 0 unspecified atom stereocenters.